The molecule has 0 fully saturated rings. The summed E-state index contributed by atoms with van der Waals surface area (Å²) in [6.45, 7) is 2.12. The number of rotatable bonds is 8. The molecule has 14 heteroatoms. The Hall–Kier alpha value is -2.84. The highest BCUT2D eigenvalue weighted by molar-refractivity contribution is 7.89. The number of anilines is 1. The number of alkyl halides is 1. The van der Waals surface area contributed by atoms with Crippen molar-refractivity contribution in [2.24, 2.45) is 5.14 Å². The topological polar surface area (TPSA) is 160 Å². The fraction of sp³-hybridized carbons (Fsp3) is 0.375. The van der Waals surface area contributed by atoms with Crippen molar-refractivity contribution < 1.29 is 36.6 Å². The summed E-state index contributed by atoms with van der Waals surface area (Å²) in [5, 5.41) is 8.75. The van der Waals surface area contributed by atoms with Crippen LogP contribution in [0.5, 0.6) is 11.8 Å². The molecule has 0 radical (unpaired) electrons. The first-order valence-electron chi connectivity index (χ1n) is 8.21. The van der Waals surface area contributed by atoms with Gasteiger partial charge in [0, 0.05) is 12.5 Å². The average molecular weight is 462 g/mol. The fourth-order valence-electron chi connectivity index (χ4n) is 2.42. The predicted octanol–water partition coefficient (Wildman–Crippen LogP) is 1.42. The smallest absolute Gasteiger partial charge is 0.303 e. The number of carbonyl (C=O) groups is 2. The molecule has 3 N–H and O–H groups in total. The molecule has 2 atom stereocenters. The Morgan fingerprint density at radius 1 is 1.23 bits per heavy atom. The van der Waals surface area contributed by atoms with Crippen LogP contribution < -0.4 is 19.9 Å². The minimum Gasteiger partial charge on any atom is -0.481 e. The number of hydrogen-bond donors (Lipinski definition) is 2. The van der Waals surface area contributed by atoms with E-state index in [0.717, 1.165) is 13.8 Å². The highest BCUT2D eigenvalue weighted by Crippen LogP contribution is 2.36. The summed E-state index contributed by atoms with van der Waals surface area (Å²) in [7, 11) is -1.82. The number of nitrogens with one attached hydrogen (secondary N) is 1. The van der Waals surface area contributed by atoms with Crippen LogP contribution in [0.2, 0.25) is 0 Å². The summed E-state index contributed by atoms with van der Waals surface area (Å²) in [4.78, 5) is 30.8. The van der Waals surface area contributed by atoms with E-state index in [4.69, 9.17) is 19.3 Å². The average Bonchev–Trinajstić information content (AvgIpc) is 3.10. The van der Waals surface area contributed by atoms with Gasteiger partial charge < -0.3 is 14.2 Å². The molecule has 1 amide bonds. The Kier molecular flexibility index (Phi) is 7.28. The molecule has 2 unspecified atom stereocenters. The van der Waals surface area contributed by atoms with Crippen LogP contribution in [0.15, 0.2) is 16.3 Å². The number of carbonyl (C=O) groups excluding carboxylic acids is 2. The van der Waals surface area contributed by atoms with Gasteiger partial charge >= 0.3 is 5.97 Å². The molecule has 0 saturated heterocycles. The van der Waals surface area contributed by atoms with Gasteiger partial charge in [0.2, 0.25) is 27.7 Å². The van der Waals surface area contributed by atoms with Crippen LogP contribution in [-0.2, 0) is 19.6 Å². The Bertz CT molecular complexity index is 1030. The zero-order chi connectivity index (χ0) is 22.6. The number of nitrogens with two attached hydrogens (primary N) is 1. The first-order chi connectivity index (χ1) is 14.0. The van der Waals surface area contributed by atoms with Gasteiger partial charge in [-0.1, -0.05) is 0 Å². The van der Waals surface area contributed by atoms with Crippen molar-refractivity contribution in [3.8, 4) is 11.8 Å². The summed E-state index contributed by atoms with van der Waals surface area (Å²) >= 11 is 0.676. The molecule has 2 rings (SSSR count). The number of hydrogen-bond acceptors (Lipinski definition) is 10. The van der Waals surface area contributed by atoms with Gasteiger partial charge in [-0.25, -0.2) is 17.9 Å². The molecule has 0 saturated carbocycles. The number of thiophene rings is 1. The van der Waals surface area contributed by atoms with Crippen molar-refractivity contribution in [3.05, 3.63) is 21.9 Å². The maximum absolute atomic E-state index is 14.0. The van der Waals surface area contributed by atoms with E-state index in [1.807, 2.05) is 0 Å². The molecule has 11 nitrogen and oxygen atoms in total. The molecule has 0 aliphatic rings. The molecular weight excluding hydrogens is 443 g/mol. The van der Waals surface area contributed by atoms with Crippen LogP contribution >= 0.6 is 11.3 Å². The molecule has 0 aliphatic heterocycles. The third-order valence-electron chi connectivity index (χ3n) is 3.60. The second kappa shape index (κ2) is 9.32. The monoisotopic (exact) mass is 462 g/mol. The van der Waals surface area contributed by atoms with E-state index in [1.165, 1.54) is 25.7 Å². The van der Waals surface area contributed by atoms with Crippen molar-refractivity contribution in [1.82, 2.24) is 9.97 Å². The van der Waals surface area contributed by atoms with E-state index < -0.39 is 39.1 Å². The maximum atomic E-state index is 14.0. The zero-order valence-corrected chi connectivity index (χ0v) is 18.0. The molecule has 0 spiro atoms. The van der Waals surface area contributed by atoms with E-state index in [0.29, 0.717) is 11.3 Å². The SMILES string of the molecule is COc1cc(OC)nc(NC(=O)c2scc(C(OC(C)=O)C(C)F)c2S(N)(=O)=O)n1. The zero-order valence-electron chi connectivity index (χ0n) is 16.3. The largest absolute Gasteiger partial charge is 0.481 e. The van der Waals surface area contributed by atoms with Crippen LogP contribution in [0, 0.1) is 0 Å². The molecule has 2 aromatic heterocycles. The number of primary sulfonamides is 1. The Morgan fingerprint density at radius 2 is 1.80 bits per heavy atom. The van der Waals surface area contributed by atoms with Gasteiger partial charge in [-0.15, -0.1) is 11.3 Å². The van der Waals surface area contributed by atoms with E-state index in [9.17, 15) is 22.4 Å². The molecule has 30 heavy (non-hydrogen) atoms. The number of halogens is 1. The van der Waals surface area contributed by atoms with E-state index in [1.54, 1.807) is 0 Å². The van der Waals surface area contributed by atoms with Gasteiger partial charge in [-0.05, 0) is 12.3 Å². The van der Waals surface area contributed by atoms with Crippen molar-refractivity contribution >= 4 is 39.2 Å². The van der Waals surface area contributed by atoms with Crippen LogP contribution in [0.25, 0.3) is 0 Å². The lowest BCUT2D eigenvalue weighted by Crippen LogP contribution is -2.24. The maximum Gasteiger partial charge on any atom is 0.303 e. The molecule has 0 aliphatic carbocycles. The predicted molar refractivity (Wildman–Crippen MR) is 104 cm³/mol. The van der Waals surface area contributed by atoms with Crippen molar-refractivity contribution in [1.29, 1.82) is 0 Å². The first-order valence-corrected chi connectivity index (χ1v) is 10.6. The number of aromatic nitrogens is 2. The standard InChI is InChI=1S/C16H19FN4O7S2/c1-7(17)12(28-8(2)22)9-6-29-13(14(9)30(18,24)25)15(23)21-16-19-10(26-3)5-11(20-16)27-4/h5-7,12H,1-4H3,(H2,18,24,25)(H,19,20,21,23). The Balaban J connectivity index is 2.51. The van der Waals surface area contributed by atoms with Crippen LogP contribution in [0.4, 0.5) is 10.3 Å². The van der Waals surface area contributed by atoms with Gasteiger partial charge in [0.15, 0.2) is 6.10 Å². The minimum atomic E-state index is -4.50. The summed E-state index contributed by atoms with van der Waals surface area (Å²) in [6.07, 6.45) is -3.34. The normalized spacial score (nSPS) is 13.3. The molecular formula is C16H19FN4O7S2. The number of amides is 1. The van der Waals surface area contributed by atoms with Crippen LogP contribution in [0.3, 0.4) is 0 Å². The molecule has 0 bridgehead atoms. The first kappa shape index (κ1) is 23.4. The molecule has 2 heterocycles. The van der Waals surface area contributed by atoms with Crippen molar-refractivity contribution in [2.45, 2.75) is 31.0 Å². The van der Waals surface area contributed by atoms with Gasteiger partial charge in [0.05, 0.1) is 20.3 Å². The van der Waals surface area contributed by atoms with E-state index in [2.05, 4.69) is 15.3 Å². The van der Waals surface area contributed by atoms with Gasteiger partial charge in [-0.3, -0.25) is 14.9 Å². The second-order valence-electron chi connectivity index (χ2n) is 5.83. The number of methoxy groups -OCH3 is 2. The Morgan fingerprint density at radius 3 is 2.23 bits per heavy atom. The van der Waals surface area contributed by atoms with Crippen LogP contribution in [0.1, 0.15) is 35.2 Å². The highest BCUT2D eigenvalue weighted by Gasteiger charge is 2.34. The lowest BCUT2D eigenvalue weighted by atomic mass is 10.1. The second-order valence-corrected chi connectivity index (χ2v) is 8.21. The Labute approximate surface area is 175 Å². The lowest BCUT2D eigenvalue weighted by Gasteiger charge is -2.19. The molecule has 2 aromatic rings. The lowest BCUT2D eigenvalue weighted by molar-refractivity contribution is -0.150. The number of esters is 1. The van der Waals surface area contributed by atoms with E-state index in [-0.39, 0.29) is 28.1 Å². The summed E-state index contributed by atoms with van der Waals surface area (Å²) in [5.74, 6) is -1.84. The molecule has 0 aromatic carbocycles. The number of sulfonamides is 1. The number of nitrogens with zero attached hydrogens (tertiary/aromatic N) is 2. The highest BCUT2D eigenvalue weighted by atomic mass is 32.2. The van der Waals surface area contributed by atoms with E-state index >= 15 is 0 Å². The van der Waals surface area contributed by atoms with Crippen LogP contribution in [-0.4, -0.2) is 50.7 Å². The van der Waals surface area contributed by atoms with Gasteiger partial charge in [0.1, 0.15) is 15.9 Å². The summed E-state index contributed by atoms with van der Waals surface area (Å²) < 4.78 is 53.2. The third kappa shape index (κ3) is 5.40. The van der Waals surface area contributed by atoms with Gasteiger partial charge in [-0.2, -0.15) is 9.97 Å². The third-order valence-corrected chi connectivity index (χ3v) is 5.74. The summed E-state index contributed by atoms with van der Waals surface area (Å²) in [5.41, 5.74) is -0.248. The quantitative estimate of drug-likeness (QED) is 0.553. The van der Waals surface area contributed by atoms with Gasteiger partial charge in [0.25, 0.3) is 5.91 Å². The molecule has 164 valence electrons. The van der Waals surface area contributed by atoms with Crippen molar-refractivity contribution in [2.75, 3.05) is 19.5 Å². The fourth-order valence-corrected chi connectivity index (χ4v) is 4.72. The minimum absolute atomic E-state index is 0.0804. The van der Waals surface area contributed by atoms with Crippen molar-refractivity contribution in [3.63, 3.8) is 0 Å². The number of ether oxygens (including phenoxy) is 3. The summed E-state index contributed by atoms with van der Waals surface area (Å²) in [6, 6.07) is 1.36.